The SMILES string of the molecule is C=Cc1c[nH]c(/C=C2\NC(C3=c4[nH]/c(=C\C(=N)C(CC)CC)c(C)c4C(=O)[C@@H]3C(=O)OC)[C@@H](CCC(=O)OC/C=C(/C)CCC[C@H](C)CCC[C@H](C)CCC)[C@@H]2C)c1C. The lowest BCUT2D eigenvalue weighted by Crippen LogP contribution is -2.38. The second kappa shape index (κ2) is 22.3. The van der Waals surface area contributed by atoms with Gasteiger partial charge in [0.25, 0.3) is 0 Å². The summed E-state index contributed by atoms with van der Waals surface area (Å²) in [6.07, 6.45) is 21.9. The molecule has 324 valence electrons. The highest BCUT2D eigenvalue weighted by Crippen LogP contribution is 2.42. The summed E-state index contributed by atoms with van der Waals surface area (Å²) in [5, 5.41) is 13.8. The molecule has 1 aliphatic heterocycles. The minimum atomic E-state index is -1.13. The van der Waals surface area contributed by atoms with Gasteiger partial charge in [-0.25, -0.2) is 0 Å². The van der Waals surface area contributed by atoms with Gasteiger partial charge in [-0.1, -0.05) is 98.3 Å². The van der Waals surface area contributed by atoms with Crippen molar-refractivity contribution in [2.45, 2.75) is 145 Å². The number of carbonyl (C=O) groups excluding carboxylic acids is 3. The number of allylic oxidation sites excluding steroid dienone is 2. The molecule has 1 aliphatic carbocycles. The average Bonchev–Trinajstić information content (AvgIpc) is 3.90. The summed E-state index contributed by atoms with van der Waals surface area (Å²) in [4.78, 5) is 47.9. The number of aromatic nitrogens is 2. The Morgan fingerprint density at radius 2 is 1.68 bits per heavy atom. The van der Waals surface area contributed by atoms with E-state index < -0.39 is 17.9 Å². The zero-order valence-electron chi connectivity index (χ0n) is 37.9. The standard InChI is InChI=1S/C50H74N4O5/c1-12-18-30(5)19-16-20-31(6)21-17-22-32(7)25-26-59-43(55)24-23-38-34(9)42(28-40-33(8)37(15-4)29-52-40)53-47(38)45-46(50(57)58-11)49(56)44-35(10)41(54-48(44)45)27-39(51)36(13-2)14-3/h15,25,27-31,34,36,38,46-47,51-54H,4,12-14,16-24,26H2,1-3,5-11H3/b32-25-,41-27-,42-28-,51-39?/t30-,31-,34+,38+,46-,47?/m1/s1. The number of H-pyrrole nitrogens is 2. The number of Topliss-reactive ketones (excluding diaryl/α,β-unsaturated/α-hetero) is 1. The van der Waals surface area contributed by atoms with Crippen LogP contribution in [0.4, 0.5) is 0 Å². The van der Waals surface area contributed by atoms with Crippen LogP contribution in [0.25, 0.3) is 23.8 Å². The molecule has 9 nitrogen and oxygen atoms in total. The number of carbonyl (C=O) groups is 3. The number of aromatic amines is 2. The van der Waals surface area contributed by atoms with Crippen molar-refractivity contribution in [3.05, 3.63) is 68.8 Å². The molecule has 0 aromatic carbocycles. The lowest BCUT2D eigenvalue weighted by atomic mass is 9.80. The third kappa shape index (κ3) is 11.7. The monoisotopic (exact) mass is 811 g/mol. The molecule has 0 amide bonds. The first kappa shape index (κ1) is 47.3. The van der Waals surface area contributed by atoms with Gasteiger partial charge >= 0.3 is 11.9 Å². The first-order chi connectivity index (χ1) is 28.2. The highest BCUT2D eigenvalue weighted by molar-refractivity contribution is 6.19. The topological polar surface area (TPSA) is 137 Å². The number of rotatable bonds is 23. The predicted molar refractivity (Wildman–Crippen MR) is 242 cm³/mol. The zero-order valence-corrected chi connectivity index (χ0v) is 37.9. The van der Waals surface area contributed by atoms with E-state index in [4.69, 9.17) is 14.9 Å². The zero-order chi connectivity index (χ0) is 43.4. The van der Waals surface area contributed by atoms with Crippen molar-refractivity contribution in [1.29, 1.82) is 5.41 Å². The minimum absolute atomic E-state index is 0.0537. The molecular formula is C50H74N4O5. The third-order valence-electron chi connectivity index (χ3n) is 13.3. The largest absolute Gasteiger partial charge is 0.468 e. The van der Waals surface area contributed by atoms with E-state index in [0.29, 0.717) is 34.0 Å². The molecule has 0 bridgehead atoms. The molecule has 0 spiro atoms. The summed E-state index contributed by atoms with van der Waals surface area (Å²) in [6.45, 7) is 23.5. The Hall–Kier alpha value is -4.40. The molecule has 2 aromatic heterocycles. The minimum Gasteiger partial charge on any atom is -0.468 e. The van der Waals surface area contributed by atoms with Crippen LogP contribution in [0.15, 0.2) is 30.1 Å². The summed E-state index contributed by atoms with van der Waals surface area (Å²) in [7, 11) is 1.31. The molecule has 1 fully saturated rings. The Kier molecular flexibility index (Phi) is 17.8. The number of ether oxygens (including phenoxy) is 2. The molecular weight excluding hydrogens is 737 g/mol. The molecule has 59 heavy (non-hydrogen) atoms. The summed E-state index contributed by atoms with van der Waals surface area (Å²) in [5.74, 6) is -0.875. The van der Waals surface area contributed by atoms with Gasteiger partial charge in [0.05, 0.1) is 18.5 Å². The third-order valence-corrected chi connectivity index (χ3v) is 13.3. The van der Waals surface area contributed by atoms with Crippen molar-refractivity contribution >= 4 is 47.2 Å². The molecule has 4 rings (SSSR count). The smallest absolute Gasteiger partial charge is 0.320 e. The van der Waals surface area contributed by atoms with Crippen molar-refractivity contribution in [3.8, 4) is 0 Å². The number of ketones is 1. The van der Waals surface area contributed by atoms with E-state index in [1.807, 2.05) is 38.3 Å². The first-order valence-corrected chi connectivity index (χ1v) is 22.4. The van der Waals surface area contributed by atoms with Crippen LogP contribution >= 0.6 is 0 Å². The molecule has 9 heteroatoms. The van der Waals surface area contributed by atoms with E-state index in [0.717, 1.165) is 65.6 Å². The second-order valence-corrected chi connectivity index (χ2v) is 17.6. The van der Waals surface area contributed by atoms with Crippen molar-refractivity contribution in [1.82, 2.24) is 15.3 Å². The van der Waals surface area contributed by atoms with Crippen LogP contribution in [0.5, 0.6) is 0 Å². The molecule has 6 atom stereocenters. The van der Waals surface area contributed by atoms with E-state index in [1.54, 1.807) is 0 Å². The second-order valence-electron chi connectivity index (χ2n) is 17.6. The highest BCUT2D eigenvalue weighted by atomic mass is 16.5. The van der Waals surface area contributed by atoms with Gasteiger partial charge in [-0.3, -0.25) is 14.4 Å². The number of nitrogens with one attached hydrogen (secondary N) is 4. The Bertz CT molecular complexity index is 1990. The number of hydrogen-bond donors (Lipinski definition) is 4. The fourth-order valence-corrected chi connectivity index (χ4v) is 9.34. The van der Waals surface area contributed by atoms with Gasteiger partial charge in [0.15, 0.2) is 5.78 Å². The maximum Gasteiger partial charge on any atom is 0.320 e. The van der Waals surface area contributed by atoms with Gasteiger partial charge < -0.3 is 30.2 Å². The van der Waals surface area contributed by atoms with E-state index in [9.17, 15) is 14.4 Å². The summed E-state index contributed by atoms with van der Waals surface area (Å²) >= 11 is 0. The van der Waals surface area contributed by atoms with Gasteiger partial charge in [-0.05, 0) is 111 Å². The summed E-state index contributed by atoms with van der Waals surface area (Å²) in [6, 6.07) is -0.457. The van der Waals surface area contributed by atoms with E-state index in [2.05, 4.69) is 76.4 Å². The highest BCUT2D eigenvalue weighted by Gasteiger charge is 2.49. The Balaban J connectivity index is 1.56. The van der Waals surface area contributed by atoms with Gasteiger partial charge in [0, 0.05) is 52.5 Å². The lowest BCUT2D eigenvalue weighted by Gasteiger charge is -2.25. The first-order valence-electron chi connectivity index (χ1n) is 22.4. The van der Waals surface area contributed by atoms with Crippen LogP contribution in [-0.4, -0.2) is 53.2 Å². The van der Waals surface area contributed by atoms with Crippen LogP contribution in [0.1, 0.15) is 158 Å². The number of esters is 2. The fourth-order valence-electron chi connectivity index (χ4n) is 9.34. The number of hydrogen-bond acceptors (Lipinski definition) is 7. The van der Waals surface area contributed by atoms with Crippen LogP contribution in [0.3, 0.4) is 0 Å². The number of fused-ring (bicyclic) bond motifs is 1. The molecule has 3 heterocycles. The average molecular weight is 811 g/mol. The fraction of sp³-hybridized carbons (Fsp3) is 0.600. The van der Waals surface area contributed by atoms with E-state index in [-0.39, 0.29) is 42.5 Å². The van der Waals surface area contributed by atoms with Crippen LogP contribution in [-0.2, 0) is 19.1 Å². The quantitative estimate of drug-likeness (QED) is 0.0382. The molecule has 1 unspecified atom stereocenters. The van der Waals surface area contributed by atoms with Crippen molar-refractivity contribution in [3.63, 3.8) is 0 Å². The molecule has 1 saturated heterocycles. The normalized spacial score (nSPS) is 21.2. The molecule has 0 radical (unpaired) electrons. The van der Waals surface area contributed by atoms with Gasteiger partial charge in [-0.2, -0.15) is 0 Å². The molecule has 4 N–H and O–H groups in total. The maximum atomic E-state index is 14.2. The Morgan fingerprint density at radius 3 is 2.31 bits per heavy atom. The van der Waals surface area contributed by atoms with Crippen molar-refractivity contribution in [2.24, 2.45) is 35.5 Å². The summed E-state index contributed by atoms with van der Waals surface area (Å²) in [5.41, 5.74) is 7.50. The van der Waals surface area contributed by atoms with Crippen LogP contribution in [0.2, 0.25) is 0 Å². The maximum absolute atomic E-state index is 14.2. The van der Waals surface area contributed by atoms with E-state index in [1.165, 1.54) is 51.2 Å². The van der Waals surface area contributed by atoms with Gasteiger partial charge in [0.1, 0.15) is 12.5 Å². The van der Waals surface area contributed by atoms with Crippen molar-refractivity contribution < 1.29 is 23.9 Å². The van der Waals surface area contributed by atoms with Crippen molar-refractivity contribution in [2.75, 3.05) is 13.7 Å². The van der Waals surface area contributed by atoms with Crippen LogP contribution in [0, 0.1) is 54.8 Å². The Morgan fingerprint density at radius 1 is 1.00 bits per heavy atom. The van der Waals surface area contributed by atoms with Crippen LogP contribution < -0.4 is 16.0 Å². The molecule has 2 aromatic rings. The Labute approximate surface area is 354 Å². The van der Waals surface area contributed by atoms with E-state index >= 15 is 0 Å². The molecule has 0 saturated carbocycles. The number of methoxy groups -OCH3 is 1. The summed E-state index contributed by atoms with van der Waals surface area (Å²) < 4.78 is 11.0. The lowest BCUT2D eigenvalue weighted by molar-refractivity contribution is -0.143. The molecule has 2 aliphatic rings. The predicted octanol–water partition coefficient (Wildman–Crippen LogP) is 9.92. The van der Waals surface area contributed by atoms with Gasteiger partial charge in [-0.15, -0.1) is 0 Å². The van der Waals surface area contributed by atoms with Gasteiger partial charge in [0.2, 0.25) is 0 Å².